The molecule has 1 heterocycles. The van der Waals surface area contributed by atoms with Crippen LogP contribution in [0.5, 0.6) is 0 Å². The first-order valence-corrected chi connectivity index (χ1v) is 9.45. The highest BCUT2D eigenvalue weighted by molar-refractivity contribution is 5.84. The Morgan fingerprint density at radius 2 is 1.73 bits per heavy atom. The molecule has 0 fully saturated rings. The maximum absolute atomic E-state index is 13.1. The van der Waals surface area contributed by atoms with Crippen LogP contribution in [0.2, 0.25) is 0 Å². The monoisotopic (exact) mass is 353 g/mol. The number of nitrogens with one attached hydrogen (secondary N) is 1. The molecular formula is C22H28FN3. The molecule has 0 aliphatic heterocycles. The zero-order valence-corrected chi connectivity index (χ0v) is 15.7. The number of benzene rings is 2. The van der Waals surface area contributed by atoms with Crippen LogP contribution >= 0.6 is 0 Å². The van der Waals surface area contributed by atoms with Crippen molar-refractivity contribution in [1.29, 1.82) is 0 Å². The molecule has 0 aliphatic rings. The molecule has 0 amide bonds. The van der Waals surface area contributed by atoms with Gasteiger partial charge in [-0.05, 0) is 42.4 Å². The Morgan fingerprint density at radius 3 is 2.46 bits per heavy atom. The minimum atomic E-state index is -0.191. The quantitative estimate of drug-likeness (QED) is 0.580. The summed E-state index contributed by atoms with van der Waals surface area (Å²) in [5.41, 5.74) is 3.63. The molecule has 3 aromatic rings. The van der Waals surface area contributed by atoms with Crippen molar-refractivity contribution in [3.63, 3.8) is 0 Å². The van der Waals surface area contributed by atoms with E-state index in [1.54, 1.807) is 0 Å². The van der Waals surface area contributed by atoms with Gasteiger partial charge in [0.2, 0.25) is 0 Å². The van der Waals surface area contributed by atoms with Gasteiger partial charge in [0, 0.05) is 43.3 Å². The average molecular weight is 353 g/mol. The van der Waals surface area contributed by atoms with Gasteiger partial charge >= 0.3 is 0 Å². The SMILES string of the molecule is CCN(CC)CCNCc1cn(Cc2ccc(F)cc2)c2ccccc12. The average Bonchev–Trinajstić information content (AvgIpc) is 3.02. The van der Waals surface area contributed by atoms with Crippen LogP contribution < -0.4 is 5.32 Å². The van der Waals surface area contributed by atoms with Crippen LogP contribution in [0.25, 0.3) is 10.9 Å². The second kappa shape index (κ2) is 8.97. The normalized spacial score (nSPS) is 11.5. The number of halogens is 1. The molecular weight excluding hydrogens is 325 g/mol. The predicted molar refractivity (Wildman–Crippen MR) is 107 cm³/mol. The van der Waals surface area contributed by atoms with E-state index in [9.17, 15) is 4.39 Å². The molecule has 0 saturated heterocycles. The first-order valence-electron chi connectivity index (χ1n) is 9.45. The first-order chi connectivity index (χ1) is 12.7. The fourth-order valence-electron chi connectivity index (χ4n) is 3.38. The zero-order valence-electron chi connectivity index (χ0n) is 15.7. The third kappa shape index (κ3) is 4.51. The molecule has 1 aromatic heterocycles. The summed E-state index contributed by atoms with van der Waals surface area (Å²) in [6, 6.07) is 15.2. The van der Waals surface area contributed by atoms with Gasteiger partial charge in [-0.25, -0.2) is 4.39 Å². The second-order valence-corrected chi connectivity index (χ2v) is 6.63. The van der Waals surface area contributed by atoms with Gasteiger partial charge in [-0.2, -0.15) is 0 Å². The van der Waals surface area contributed by atoms with E-state index in [0.29, 0.717) is 0 Å². The number of nitrogens with zero attached hydrogens (tertiary/aromatic N) is 2. The van der Waals surface area contributed by atoms with Crippen LogP contribution in [0.15, 0.2) is 54.7 Å². The van der Waals surface area contributed by atoms with Crippen molar-refractivity contribution >= 4 is 10.9 Å². The number of likely N-dealkylation sites (N-methyl/N-ethyl adjacent to an activating group) is 1. The summed E-state index contributed by atoms with van der Waals surface area (Å²) < 4.78 is 15.4. The molecule has 0 aliphatic carbocycles. The summed E-state index contributed by atoms with van der Waals surface area (Å²) >= 11 is 0. The van der Waals surface area contributed by atoms with E-state index < -0.39 is 0 Å². The Bertz CT molecular complexity index is 819. The molecule has 2 aromatic carbocycles. The number of hydrogen-bond acceptors (Lipinski definition) is 2. The number of aromatic nitrogens is 1. The topological polar surface area (TPSA) is 20.2 Å². The van der Waals surface area contributed by atoms with Crippen molar-refractivity contribution in [2.45, 2.75) is 26.9 Å². The Labute approximate surface area is 155 Å². The lowest BCUT2D eigenvalue weighted by atomic mass is 10.2. The van der Waals surface area contributed by atoms with Crippen LogP contribution in [-0.4, -0.2) is 35.6 Å². The van der Waals surface area contributed by atoms with Gasteiger partial charge in [-0.15, -0.1) is 0 Å². The van der Waals surface area contributed by atoms with Gasteiger partial charge in [0.15, 0.2) is 0 Å². The highest BCUT2D eigenvalue weighted by Crippen LogP contribution is 2.22. The summed E-state index contributed by atoms with van der Waals surface area (Å²) in [6.45, 7) is 10.3. The van der Waals surface area contributed by atoms with Crippen molar-refractivity contribution in [3.05, 3.63) is 71.7 Å². The minimum Gasteiger partial charge on any atom is -0.343 e. The lowest BCUT2D eigenvalue weighted by Gasteiger charge is -2.17. The lowest BCUT2D eigenvalue weighted by Crippen LogP contribution is -2.31. The van der Waals surface area contributed by atoms with Crippen molar-refractivity contribution in [2.75, 3.05) is 26.2 Å². The fraction of sp³-hybridized carbons (Fsp3) is 0.364. The molecule has 0 radical (unpaired) electrons. The van der Waals surface area contributed by atoms with Crippen LogP contribution in [0.3, 0.4) is 0 Å². The molecule has 0 bridgehead atoms. The summed E-state index contributed by atoms with van der Waals surface area (Å²) in [5, 5.41) is 4.86. The predicted octanol–water partition coefficient (Wildman–Crippen LogP) is 4.26. The number of rotatable bonds is 9. The fourth-order valence-corrected chi connectivity index (χ4v) is 3.38. The van der Waals surface area contributed by atoms with E-state index in [0.717, 1.165) is 44.8 Å². The molecule has 26 heavy (non-hydrogen) atoms. The molecule has 3 rings (SSSR count). The summed E-state index contributed by atoms with van der Waals surface area (Å²) in [6.07, 6.45) is 2.22. The Morgan fingerprint density at radius 1 is 1.00 bits per heavy atom. The molecule has 0 atom stereocenters. The zero-order chi connectivity index (χ0) is 18.4. The largest absolute Gasteiger partial charge is 0.343 e. The highest BCUT2D eigenvalue weighted by Gasteiger charge is 2.08. The van der Waals surface area contributed by atoms with Gasteiger partial charge in [0.1, 0.15) is 5.82 Å². The molecule has 3 nitrogen and oxygen atoms in total. The van der Waals surface area contributed by atoms with Crippen molar-refractivity contribution in [3.8, 4) is 0 Å². The molecule has 0 saturated carbocycles. The van der Waals surface area contributed by atoms with E-state index in [1.807, 2.05) is 12.1 Å². The minimum absolute atomic E-state index is 0.191. The molecule has 0 spiro atoms. The Hall–Kier alpha value is -2.17. The van der Waals surface area contributed by atoms with Crippen LogP contribution in [0.4, 0.5) is 4.39 Å². The summed E-state index contributed by atoms with van der Waals surface area (Å²) in [7, 11) is 0. The van der Waals surface area contributed by atoms with Gasteiger partial charge in [0.05, 0.1) is 0 Å². The van der Waals surface area contributed by atoms with Gasteiger partial charge in [0.25, 0.3) is 0 Å². The smallest absolute Gasteiger partial charge is 0.123 e. The number of para-hydroxylation sites is 1. The third-order valence-electron chi connectivity index (χ3n) is 4.95. The van der Waals surface area contributed by atoms with Gasteiger partial charge < -0.3 is 14.8 Å². The van der Waals surface area contributed by atoms with E-state index in [2.05, 4.69) is 59.1 Å². The Kier molecular flexibility index (Phi) is 6.42. The first kappa shape index (κ1) is 18.6. The van der Waals surface area contributed by atoms with E-state index in [4.69, 9.17) is 0 Å². The maximum atomic E-state index is 13.1. The van der Waals surface area contributed by atoms with Crippen LogP contribution in [0.1, 0.15) is 25.0 Å². The lowest BCUT2D eigenvalue weighted by molar-refractivity contribution is 0.302. The van der Waals surface area contributed by atoms with E-state index >= 15 is 0 Å². The number of fused-ring (bicyclic) bond motifs is 1. The molecule has 1 N–H and O–H groups in total. The van der Waals surface area contributed by atoms with Gasteiger partial charge in [-0.3, -0.25) is 0 Å². The number of hydrogen-bond donors (Lipinski definition) is 1. The summed E-state index contributed by atoms with van der Waals surface area (Å²) in [5.74, 6) is -0.191. The van der Waals surface area contributed by atoms with Crippen molar-refractivity contribution < 1.29 is 4.39 Å². The van der Waals surface area contributed by atoms with Crippen LogP contribution in [0, 0.1) is 5.82 Å². The summed E-state index contributed by atoms with van der Waals surface area (Å²) in [4.78, 5) is 2.42. The van der Waals surface area contributed by atoms with Gasteiger partial charge in [-0.1, -0.05) is 44.2 Å². The maximum Gasteiger partial charge on any atom is 0.123 e. The van der Waals surface area contributed by atoms with E-state index in [-0.39, 0.29) is 5.82 Å². The third-order valence-corrected chi connectivity index (χ3v) is 4.95. The van der Waals surface area contributed by atoms with Crippen molar-refractivity contribution in [2.24, 2.45) is 0 Å². The molecule has 4 heteroatoms. The van der Waals surface area contributed by atoms with Crippen molar-refractivity contribution in [1.82, 2.24) is 14.8 Å². The standard InChI is InChI=1S/C22H28FN3/c1-3-25(4-2)14-13-24-15-19-17-26(22-8-6-5-7-21(19)22)16-18-9-11-20(23)12-10-18/h5-12,17,24H,3-4,13-16H2,1-2H3. The highest BCUT2D eigenvalue weighted by atomic mass is 19.1. The Balaban J connectivity index is 1.71. The second-order valence-electron chi connectivity index (χ2n) is 6.63. The van der Waals surface area contributed by atoms with E-state index in [1.165, 1.54) is 28.6 Å². The van der Waals surface area contributed by atoms with Crippen LogP contribution in [-0.2, 0) is 13.1 Å². The molecule has 138 valence electrons. The molecule has 0 unspecified atom stereocenters.